The van der Waals surface area contributed by atoms with Crippen molar-refractivity contribution in [2.24, 2.45) is 5.41 Å². The van der Waals surface area contributed by atoms with Crippen molar-refractivity contribution in [2.45, 2.75) is 13.3 Å². The van der Waals surface area contributed by atoms with Gasteiger partial charge in [-0.3, -0.25) is 14.4 Å². The average molecular weight is 345 g/mol. The SMILES string of the molecule is COc1cccc(C(=O)N2CCN(C(C)=O)C[C@]3(CNC(=O)C3)C2)c1. The normalized spacial score (nSPS) is 23.4. The summed E-state index contributed by atoms with van der Waals surface area (Å²) in [6.07, 6.45) is 0.332. The van der Waals surface area contributed by atoms with E-state index in [1.165, 1.54) is 6.92 Å². The van der Waals surface area contributed by atoms with Crippen LogP contribution >= 0.6 is 0 Å². The van der Waals surface area contributed by atoms with Gasteiger partial charge in [-0.25, -0.2) is 0 Å². The van der Waals surface area contributed by atoms with Gasteiger partial charge in [0.25, 0.3) is 5.91 Å². The smallest absolute Gasteiger partial charge is 0.254 e. The zero-order valence-corrected chi connectivity index (χ0v) is 14.6. The number of carbonyl (C=O) groups is 3. The van der Waals surface area contributed by atoms with Gasteiger partial charge in [-0.05, 0) is 18.2 Å². The third-order valence-corrected chi connectivity index (χ3v) is 4.94. The molecule has 2 aliphatic heterocycles. The summed E-state index contributed by atoms with van der Waals surface area (Å²) < 4.78 is 5.19. The first-order valence-corrected chi connectivity index (χ1v) is 8.38. The Labute approximate surface area is 146 Å². The molecule has 2 saturated heterocycles. The monoisotopic (exact) mass is 345 g/mol. The molecule has 134 valence electrons. The quantitative estimate of drug-likeness (QED) is 0.847. The fourth-order valence-corrected chi connectivity index (χ4v) is 3.62. The van der Waals surface area contributed by atoms with Crippen molar-refractivity contribution < 1.29 is 19.1 Å². The molecule has 0 radical (unpaired) electrons. The Morgan fingerprint density at radius 3 is 2.56 bits per heavy atom. The molecular weight excluding hydrogens is 322 g/mol. The Morgan fingerprint density at radius 2 is 1.92 bits per heavy atom. The first-order chi connectivity index (χ1) is 11.9. The van der Waals surface area contributed by atoms with Crippen LogP contribution in [-0.2, 0) is 9.59 Å². The van der Waals surface area contributed by atoms with E-state index in [9.17, 15) is 14.4 Å². The number of hydrogen-bond donors (Lipinski definition) is 1. The molecule has 7 heteroatoms. The molecule has 1 N–H and O–H groups in total. The van der Waals surface area contributed by atoms with Crippen LogP contribution in [0.1, 0.15) is 23.7 Å². The highest BCUT2D eigenvalue weighted by Crippen LogP contribution is 2.31. The van der Waals surface area contributed by atoms with E-state index in [1.54, 1.807) is 41.2 Å². The minimum Gasteiger partial charge on any atom is -0.497 e. The Hall–Kier alpha value is -2.57. The summed E-state index contributed by atoms with van der Waals surface area (Å²) >= 11 is 0. The summed E-state index contributed by atoms with van der Waals surface area (Å²) in [6.45, 7) is 3.87. The van der Waals surface area contributed by atoms with Gasteiger partial charge >= 0.3 is 0 Å². The van der Waals surface area contributed by atoms with Crippen molar-refractivity contribution in [2.75, 3.05) is 39.8 Å². The van der Waals surface area contributed by atoms with E-state index in [0.29, 0.717) is 50.5 Å². The van der Waals surface area contributed by atoms with Gasteiger partial charge in [-0.2, -0.15) is 0 Å². The summed E-state index contributed by atoms with van der Waals surface area (Å²) in [4.78, 5) is 40.2. The zero-order chi connectivity index (χ0) is 18.0. The van der Waals surface area contributed by atoms with Crippen molar-refractivity contribution in [3.05, 3.63) is 29.8 Å². The van der Waals surface area contributed by atoms with Crippen molar-refractivity contribution in [3.8, 4) is 5.75 Å². The van der Waals surface area contributed by atoms with E-state index < -0.39 is 5.41 Å². The Kier molecular flexibility index (Phi) is 4.65. The molecule has 1 atom stereocenters. The average Bonchev–Trinajstić information content (AvgIpc) is 2.85. The van der Waals surface area contributed by atoms with Crippen LogP contribution in [0.3, 0.4) is 0 Å². The van der Waals surface area contributed by atoms with E-state index in [1.807, 2.05) is 0 Å². The van der Waals surface area contributed by atoms with E-state index >= 15 is 0 Å². The van der Waals surface area contributed by atoms with Crippen LogP contribution in [0.4, 0.5) is 0 Å². The summed E-state index contributed by atoms with van der Waals surface area (Å²) in [6, 6.07) is 7.03. The maximum Gasteiger partial charge on any atom is 0.254 e. The van der Waals surface area contributed by atoms with Crippen LogP contribution in [0.15, 0.2) is 24.3 Å². The highest BCUT2D eigenvalue weighted by atomic mass is 16.5. The number of hydrogen-bond acceptors (Lipinski definition) is 4. The molecule has 1 aromatic rings. The zero-order valence-electron chi connectivity index (χ0n) is 14.6. The second kappa shape index (κ2) is 6.74. The number of nitrogens with one attached hydrogen (secondary N) is 1. The highest BCUT2D eigenvalue weighted by molar-refractivity contribution is 5.95. The maximum absolute atomic E-state index is 13.0. The van der Waals surface area contributed by atoms with Crippen LogP contribution in [0, 0.1) is 5.41 Å². The Bertz CT molecular complexity index is 705. The van der Waals surface area contributed by atoms with E-state index in [4.69, 9.17) is 4.74 Å². The highest BCUT2D eigenvalue weighted by Gasteiger charge is 2.44. The predicted molar refractivity (Wildman–Crippen MR) is 91.2 cm³/mol. The lowest BCUT2D eigenvalue weighted by Crippen LogP contribution is -2.44. The van der Waals surface area contributed by atoms with Crippen molar-refractivity contribution >= 4 is 17.7 Å². The molecule has 25 heavy (non-hydrogen) atoms. The molecule has 1 spiro atoms. The predicted octanol–water partition coefficient (Wildman–Crippen LogP) is 0.506. The third kappa shape index (κ3) is 3.60. The first-order valence-electron chi connectivity index (χ1n) is 8.38. The molecule has 7 nitrogen and oxygen atoms in total. The number of rotatable bonds is 2. The van der Waals surface area contributed by atoms with Gasteiger partial charge in [0.15, 0.2) is 0 Å². The molecule has 0 saturated carbocycles. The summed E-state index contributed by atoms with van der Waals surface area (Å²) in [5, 5.41) is 2.85. The Morgan fingerprint density at radius 1 is 1.20 bits per heavy atom. The second-order valence-corrected chi connectivity index (χ2v) is 6.85. The maximum atomic E-state index is 13.0. The van der Waals surface area contributed by atoms with Crippen molar-refractivity contribution in [3.63, 3.8) is 0 Å². The van der Waals surface area contributed by atoms with Gasteiger partial charge in [-0.1, -0.05) is 6.07 Å². The minimum atomic E-state index is -0.423. The lowest BCUT2D eigenvalue weighted by Gasteiger charge is -2.32. The largest absolute Gasteiger partial charge is 0.497 e. The molecule has 2 aliphatic rings. The molecule has 1 aromatic carbocycles. The van der Waals surface area contributed by atoms with Crippen LogP contribution in [0.25, 0.3) is 0 Å². The standard InChI is InChI=1S/C18H23N3O4/c1-13(22)20-6-7-21(12-18(11-20)9-16(23)19-10-18)17(24)14-4-3-5-15(8-14)25-2/h3-5,8H,6-7,9-12H2,1-2H3,(H,19,23)/t18-/m0/s1. The fraction of sp³-hybridized carbons (Fsp3) is 0.500. The number of methoxy groups -OCH3 is 1. The molecular formula is C18H23N3O4. The number of amides is 3. The van der Waals surface area contributed by atoms with E-state index in [-0.39, 0.29) is 17.7 Å². The fourth-order valence-electron chi connectivity index (χ4n) is 3.62. The van der Waals surface area contributed by atoms with Gasteiger partial charge in [-0.15, -0.1) is 0 Å². The van der Waals surface area contributed by atoms with E-state index in [0.717, 1.165) is 0 Å². The van der Waals surface area contributed by atoms with E-state index in [2.05, 4.69) is 5.32 Å². The van der Waals surface area contributed by atoms with Crippen LogP contribution < -0.4 is 10.1 Å². The van der Waals surface area contributed by atoms with Crippen molar-refractivity contribution in [1.82, 2.24) is 15.1 Å². The summed E-state index contributed by atoms with van der Waals surface area (Å²) in [5.41, 5.74) is 0.122. The number of nitrogens with zero attached hydrogens (tertiary/aromatic N) is 2. The van der Waals surface area contributed by atoms with Gasteiger partial charge < -0.3 is 19.9 Å². The molecule has 0 unspecified atom stereocenters. The van der Waals surface area contributed by atoms with Crippen LogP contribution in [-0.4, -0.2) is 67.4 Å². The molecule has 3 amide bonds. The van der Waals surface area contributed by atoms with Gasteiger partial charge in [0.05, 0.1) is 7.11 Å². The van der Waals surface area contributed by atoms with Gasteiger partial charge in [0.1, 0.15) is 5.75 Å². The number of carbonyl (C=O) groups excluding carboxylic acids is 3. The summed E-state index contributed by atoms with van der Waals surface area (Å²) in [5.74, 6) is 0.454. The van der Waals surface area contributed by atoms with Crippen LogP contribution in [0.5, 0.6) is 5.75 Å². The molecule has 2 fully saturated rings. The molecule has 0 aromatic heterocycles. The summed E-state index contributed by atoms with van der Waals surface area (Å²) in [7, 11) is 1.56. The lowest BCUT2D eigenvalue weighted by molar-refractivity contribution is -0.130. The van der Waals surface area contributed by atoms with Crippen molar-refractivity contribution in [1.29, 1.82) is 0 Å². The minimum absolute atomic E-state index is 0.0285. The molecule has 0 bridgehead atoms. The lowest BCUT2D eigenvalue weighted by atomic mass is 9.86. The molecule has 0 aliphatic carbocycles. The number of benzene rings is 1. The second-order valence-electron chi connectivity index (χ2n) is 6.85. The first kappa shape index (κ1) is 17.3. The van der Waals surface area contributed by atoms with Crippen LogP contribution in [0.2, 0.25) is 0 Å². The van der Waals surface area contributed by atoms with Gasteiger partial charge in [0.2, 0.25) is 11.8 Å². The Balaban J connectivity index is 1.86. The molecule has 3 rings (SSSR count). The third-order valence-electron chi connectivity index (χ3n) is 4.94. The topological polar surface area (TPSA) is 79.0 Å². The van der Waals surface area contributed by atoms with Gasteiger partial charge in [0, 0.05) is 57.0 Å². The molecule has 2 heterocycles. The number of ether oxygens (including phenoxy) is 1.